The standard InChI is InChI=1S/C13H9ClN4O/c14-11-7-12(18-13(15)17-11)19-10-5-1-4-9-8(10)3-2-6-16-9/h1-7H,(H2,15,17,18). The fourth-order valence-electron chi connectivity index (χ4n) is 1.74. The third kappa shape index (κ3) is 2.41. The average molecular weight is 273 g/mol. The largest absolute Gasteiger partial charge is 0.438 e. The van der Waals surface area contributed by atoms with E-state index in [9.17, 15) is 0 Å². The van der Waals surface area contributed by atoms with Crippen LogP contribution < -0.4 is 10.5 Å². The van der Waals surface area contributed by atoms with Crippen LogP contribution in [0.3, 0.4) is 0 Å². The Kier molecular flexibility index (Phi) is 2.89. The molecule has 0 radical (unpaired) electrons. The molecular weight excluding hydrogens is 264 g/mol. The number of nitrogens with two attached hydrogens (primary N) is 1. The number of halogens is 1. The Morgan fingerprint density at radius 2 is 2.00 bits per heavy atom. The second-order valence-electron chi connectivity index (χ2n) is 3.82. The number of anilines is 1. The third-order valence-electron chi connectivity index (χ3n) is 2.51. The number of ether oxygens (including phenoxy) is 1. The van der Waals surface area contributed by atoms with Crippen molar-refractivity contribution in [3.05, 3.63) is 47.7 Å². The van der Waals surface area contributed by atoms with E-state index in [1.165, 1.54) is 6.07 Å². The molecule has 94 valence electrons. The van der Waals surface area contributed by atoms with Gasteiger partial charge in [0.15, 0.2) is 0 Å². The molecule has 1 aromatic carbocycles. The van der Waals surface area contributed by atoms with E-state index in [1.54, 1.807) is 6.20 Å². The van der Waals surface area contributed by atoms with Gasteiger partial charge in [-0.25, -0.2) is 4.98 Å². The van der Waals surface area contributed by atoms with E-state index in [0.29, 0.717) is 11.6 Å². The molecule has 6 heteroatoms. The summed E-state index contributed by atoms with van der Waals surface area (Å²) in [6, 6.07) is 10.9. The first-order chi connectivity index (χ1) is 9.22. The number of pyridine rings is 1. The highest BCUT2D eigenvalue weighted by Crippen LogP contribution is 2.28. The van der Waals surface area contributed by atoms with Gasteiger partial charge in [-0.1, -0.05) is 17.7 Å². The quantitative estimate of drug-likeness (QED) is 0.726. The molecule has 0 unspecified atom stereocenters. The van der Waals surface area contributed by atoms with E-state index >= 15 is 0 Å². The third-order valence-corrected chi connectivity index (χ3v) is 2.70. The molecule has 0 bridgehead atoms. The Labute approximate surface area is 114 Å². The summed E-state index contributed by atoms with van der Waals surface area (Å²) in [6.07, 6.45) is 1.73. The lowest BCUT2D eigenvalue weighted by Crippen LogP contribution is -1.97. The van der Waals surface area contributed by atoms with Crippen LogP contribution in [-0.4, -0.2) is 15.0 Å². The molecule has 5 nitrogen and oxygen atoms in total. The zero-order valence-corrected chi connectivity index (χ0v) is 10.5. The predicted octanol–water partition coefficient (Wildman–Crippen LogP) is 3.05. The van der Waals surface area contributed by atoms with Crippen LogP contribution in [0.2, 0.25) is 5.15 Å². The molecule has 0 atom stereocenters. The van der Waals surface area contributed by atoms with Crippen LogP contribution in [-0.2, 0) is 0 Å². The first kappa shape index (κ1) is 11.7. The Morgan fingerprint density at radius 3 is 2.84 bits per heavy atom. The molecule has 0 saturated heterocycles. The van der Waals surface area contributed by atoms with E-state index in [1.807, 2.05) is 30.3 Å². The summed E-state index contributed by atoms with van der Waals surface area (Å²) in [7, 11) is 0. The van der Waals surface area contributed by atoms with Gasteiger partial charge in [-0.3, -0.25) is 4.98 Å². The zero-order valence-electron chi connectivity index (χ0n) is 9.75. The van der Waals surface area contributed by atoms with Crippen molar-refractivity contribution in [2.45, 2.75) is 0 Å². The molecule has 0 aliphatic rings. The van der Waals surface area contributed by atoms with Crippen LogP contribution in [0.15, 0.2) is 42.6 Å². The number of rotatable bonds is 2. The molecule has 2 heterocycles. The Morgan fingerprint density at radius 1 is 1.11 bits per heavy atom. The Hall–Kier alpha value is -2.40. The number of hydrogen-bond donors (Lipinski definition) is 1. The van der Waals surface area contributed by atoms with Gasteiger partial charge in [-0.05, 0) is 24.3 Å². The summed E-state index contributed by atoms with van der Waals surface area (Å²) in [4.78, 5) is 12.0. The van der Waals surface area contributed by atoms with E-state index in [4.69, 9.17) is 22.1 Å². The fourth-order valence-corrected chi connectivity index (χ4v) is 1.92. The van der Waals surface area contributed by atoms with Crippen LogP contribution in [0.1, 0.15) is 0 Å². The first-order valence-electron chi connectivity index (χ1n) is 5.54. The molecule has 19 heavy (non-hydrogen) atoms. The number of hydrogen-bond acceptors (Lipinski definition) is 5. The van der Waals surface area contributed by atoms with Crippen molar-refractivity contribution in [2.24, 2.45) is 0 Å². The summed E-state index contributed by atoms with van der Waals surface area (Å²) < 4.78 is 5.70. The lowest BCUT2D eigenvalue weighted by molar-refractivity contribution is 0.468. The lowest BCUT2D eigenvalue weighted by atomic mass is 10.2. The predicted molar refractivity (Wildman–Crippen MR) is 73.3 cm³/mol. The maximum absolute atomic E-state index is 5.81. The summed E-state index contributed by atoms with van der Waals surface area (Å²) in [5, 5.41) is 1.12. The number of aromatic nitrogens is 3. The molecule has 2 aromatic heterocycles. The number of nitrogen functional groups attached to an aromatic ring is 1. The molecule has 0 aliphatic heterocycles. The molecule has 3 rings (SSSR count). The van der Waals surface area contributed by atoms with Crippen molar-refractivity contribution in [1.29, 1.82) is 0 Å². The average Bonchev–Trinajstić information content (AvgIpc) is 2.38. The van der Waals surface area contributed by atoms with Crippen molar-refractivity contribution in [3.8, 4) is 11.6 Å². The molecule has 0 saturated carbocycles. The highest BCUT2D eigenvalue weighted by atomic mass is 35.5. The normalized spacial score (nSPS) is 10.6. The van der Waals surface area contributed by atoms with Crippen molar-refractivity contribution in [2.75, 3.05) is 5.73 Å². The molecule has 2 N–H and O–H groups in total. The lowest BCUT2D eigenvalue weighted by Gasteiger charge is -2.08. The second-order valence-corrected chi connectivity index (χ2v) is 4.20. The van der Waals surface area contributed by atoms with Crippen LogP contribution >= 0.6 is 11.6 Å². The second kappa shape index (κ2) is 4.70. The van der Waals surface area contributed by atoms with Gasteiger partial charge in [0.25, 0.3) is 0 Å². The number of nitrogens with zero attached hydrogens (tertiary/aromatic N) is 3. The first-order valence-corrected chi connectivity index (χ1v) is 5.92. The molecule has 3 aromatic rings. The minimum atomic E-state index is 0.0702. The van der Waals surface area contributed by atoms with E-state index in [2.05, 4.69) is 15.0 Å². The number of benzene rings is 1. The SMILES string of the molecule is Nc1nc(Cl)cc(Oc2cccc3ncccc23)n1. The van der Waals surface area contributed by atoms with Crippen molar-refractivity contribution in [1.82, 2.24) is 15.0 Å². The summed E-state index contributed by atoms with van der Waals surface area (Å²) in [6.45, 7) is 0. The maximum Gasteiger partial charge on any atom is 0.225 e. The zero-order chi connectivity index (χ0) is 13.2. The van der Waals surface area contributed by atoms with E-state index < -0.39 is 0 Å². The van der Waals surface area contributed by atoms with Crippen LogP contribution in [0.5, 0.6) is 11.6 Å². The summed E-state index contributed by atoms with van der Waals surface area (Å²) in [5.41, 5.74) is 6.37. The minimum absolute atomic E-state index is 0.0702. The fraction of sp³-hybridized carbons (Fsp3) is 0. The van der Waals surface area contributed by atoms with Crippen molar-refractivity contribution >= 4 is 28.5 Å². The molecule has 0 spiro atoms. The maximum atomic E-state index is 5.81. The summed E-state index contributed by atoms with van der Waals surface area (Å²) in [5.74, 6) is 1.01. The summed E-state index contributed by atoms with van der Waals surface area (Å²) >= 11 is 5.81. The van der Waals surface area contributed by atoms with Crippen molar-refractivity contribution < 1.29 is 4.74 Å². The topological polar surface area (TPSA) is 73.9 Å². The number of fused-ring (bicyclic) bond motifs is 1. The van der Waals surface area contributed by atoms with Crippen LogP contribution in [0, 0.1) is 0 Å². The van der Waals surface area contributed by atoms with Gasteiger partial charge < -0.3 is 10.5 Å². The smallest absolute Gasteiger partial charge is 0.225 e. The van der Waals surface area contributed by atoms with Gasteiger partial charge >= 0.3 is 0 Å². The van der Waals surface area contributed by atoms with Gasteiger partial charge in [0, 0.05) is 17.6 Å². The Balaban J connectivity index is 2.05. The van der Waals surface area contributed by atoms with Gasteiger partial charge in [0.05, 0.1) is 5.52 Å². The molecule has 0 fully saturated rings. The van der Waals surface area contributed by atoms with E-state index in [0.717, 1.165) is 10.9 Å². The van der Waals surface area contributed by atoms with Gasteiger partial charge in [0.1, 0.15) is 10.9 Å². The van der Waals surface area contributed by atoms with Gasteiger partial charge in [0.2, 0.25) is 11.8 Å². The highest BCUT2D eigenvalue weighted by molar-refractivity contribution is 6.29. The van der Waals surface area contributed by atoms with Crippen LogP contribution in [0.4, 0.5) is 5.95 Å². The monoisotopic (exact) mass is 272 g/mol. The molecular formula is C13H9ClN4O. The molecule has 0 amide bonds. The Bertz CT molecular complexity index is 722. The van der Waals surface area contributed by atoms with Crippen LogP contribution in [0.25, 0.3) is 10.9 Å². The van der Waals surface area contributed by atoms with Crippen molar-refractivity contribution in [3.63, 3.8) is 0 Å². The highest BCUT2D eigenvalue weighted by Gasteiger charge is 2.06. The van der Waals surface area contributed by atoms with E-state index in [-0.39, 0.29) is 11.1 Å². The minimum Gasteiger partial charge on any atom is -0.438 e. The van der Waals surface area contributed by atoms with Gasteiger partial charge in [-0.2, -0.15) is 4.98 Å². The van der Waals surface area contributed by atoms with Gasteiger partial charge in [-0.15, -0.1) is 0 Å². The molecule has 0 aliphatic carbocycles.